The Labute approximate surface area is 234 Å². The van der Waals surface area contributed by atoms with Gasteiger partial charge >= 0.3 is 0 Å². The second kappa shape index (κ2) is 10.7. The van der Waals surface area contributed by atoms with E-state index in [4.69, 9.17) is 12.2 Å². The van der Waals surface area contributed by atoms with Gasteiger partial charge in [-0.05, 0) is 66.7 Å². The number of rotatable bonds is 6. The van der Waals surface area contributed by atoms with Gasteiger partial charge in [0.15, 0.2) is 9.45 Å². The maximum absolute atomic E-state index is 12.7. The van der Waals surface area contributed by atoms with Gasteiger partial charge in [0, 0.05) is 17.3 Å². The van der Waals surface area contributed by atoms with E-state index in [0.29, 0.717) is 31.6 Å². The highest BCUT2D eigenvalue weighted by atomic mass is 32.2. The third-order valence-corrected chi connectivity index (χ3v) is 8.00. The van der Waals surface area contributed by atoms with Crippen LogP contribution in [0.1, 0.15) is 21.5 Å². The molecule has 13 heteroatoms. The molecule has 0 bridgehead atoms. The van der Waals surface area contributed by atoms with Crippen LogP contribution in [0, 0.1) is 17.0 Å². The number of thiocarbonyl (C=S) groups is 1. The van der Waals surface area contributed by atoms with Crippen LogP contribution in [0.4, 0.5) is 11.4 Å². The lowest BCUT2D eigenvalue weighted by atomic mass is 10.1. The lowest BCUT2D eigenvalue weighted by molar-refractivity contribution is -0.387. The van der Waals surface area contributed by atoms with Crippen LogP contribution in [-0.4, -0.2) is 32.7 Å². The Morgan fingerprint density at radius 2 is 1.85 bits per heavy atom. The first kappa shape index (κ1) is 26.2. The molecule has 0 spiro atoms. The average molecular weight is 576 g/mol. The lowest BCUT2D eigenvalue weighted by Gasteiger charge is -2.16. The number of carbonyl (C=O) groups is 3. The predicted molar refractivity (Wildman–Crippen MR) is 153 cm³/mol. The Morgan fingerprint density at radius 1 is 1.10 bits per heavy atom. The lowest BCUT2D eigenvalue weighted by Crippen LogP contribution is -2.51. The van der Waals surface area contributed by atoms with Gasteiger partial charge in [-0.2, -0.15) is 0 Å². The molecule has 1 saturated heterocycles. The molecule has 0 radical (unpaired) electrons. The molecule has 0 atom stereocenters. The number of aromatic nitrogens is 1. The third-order valence-electron chi connectivity index (χ3n) is 5.65. The number of thiazole rings is 1. The molecule has 1 aromatic heterocycles. The van der Waals surface area contributed by atoms with Crippen molar-refractivity contribution >= 4 is 85.8 Å². The fourth-order valence-corrected chi connectivity index (χ4v) is 6.10. The number of amides is 3. The smallest absolute Gasteiger partial charge is 0.283 e. The maximum atomic E-state index is 12.7. The van der Waals surface area contributed by atoms with Crippen LogP contribution in [0.2, 0.25) is 0 Å². The molecular formula is C26H17N5O5S3. The van der Waals surface area contributed by atoms with Gasteiger partial charge in [0.2, 0.25) is 0 Å². The second-order valence-corrected chi connectivity index (χ2v) is 11.0. The number of benzene rings is 3. The Balaban J connectivity index is 1.38. The molecule has 0 saturated carbocycles. The summed E-state index contributed by atoms with van der Waals surface area (Å²) in [4.78, 5) is 53.1. The van der Waals surface area contributed by atoms with Crippen molar-refractivity contribution in [1.82, 2.24) is 15.6 Å². The van der Waals surface area contributed by atoms with Gasteiger partial charge in [0.05, 0.1) is 20.0 Å². The van der Waals surface area contributed by atoms with Gasteiger partial charge in [-0.25, -0.2) is 4.98 Å². The molecule has 1 aliphatic rings. The van der Waals surface area contributed by atoms with E-state index < -0.39 is 16.7 Å². The number of nitro groups is 1. The van der Waals surface area contributed by atoms with Crippen molar-refractivity contribution in [3.05, 3.63) is 93.0 Å². The fraction of sp³-hybridized carbons (Fsp3) is 0.0385. The molecule has 1 fully saturated rings. The van der Waals surface area contributed by atoms with E-state index in [-0.39, 0.29) is 22.3 Å². The number of aryl methyl sites for hydroxylation is 1. The van der Waals surface area contributed by atoms with Crippen molar-refractivity contribution in [1.29, 1.82) is 0 Å². The molecule has 3 N–H and O–H groups in total. The van der Waals surface area contributed by atoms with E-state index in [1.807, 2.05) is 25.1 Å². The summed E-state index contributed by atoms with van der Waals surface area (Å²) in [5.41, 5.74) is 2.63. The first-order valence-corrected chi connectivity index (χ1v) is 13.3. The third kappa shape index (κ3) is 5.70. The molecule has 3 aromatic carbocycles. The quantitative estimate of drug-likeness (QED) is 0.0975. The zero-order valence-corrected chi connectivity index (χ0v) is 22.5. The van der Waals surface area contributed by atoms with Crippen LogP contribution in [0.25, 0.3) is 16.3 Å². The summed E-state index contributed by atoms with van der Waals surface area (Å²) in [6.45, 7) is 1.87. The van der Waals surface area contributed by atoms with Gasteiger partial charge in [-0.1, -0.05) is 36.0 Å². The minimum Gasteiger partial charge on any atom is -0.322 e. The highest BCUT2D eigenvalue weighted by Crippen LogP contribution is 2.40. The number of nitro benzene ring substituents is 1. The Morgan fingerprint density at radius 3 is 2.56 bits per heavy atom. The van der Waals surface area contributed by atoms with E-state index in [1.165, 1.54) is 23.5 Å². The van der Waals surface area contributed by atoms with E-state index in [0.717, 1.165) is 22.0 Å². The average Bonchev–Trinajstić information content (AvgIpc) is 3.28. The largest absolute Gasteiger partial charge is 0.322 e. The molecule has 1 aliphatic heterocycles. The highest BCUT2D eigenvalue weighted by Gasteiger charge is 2.26. The molecule has 5 rings (SSSR count). The Bertz CT molecular complexity index is 1730. The van der Waals surface area contributed by atoms with Crippen molar-refractivity contribution < 1.29 is 19.3 Å². The number of hydrogen-bond acceptors (Lipinski definition) is 9. The number of anilines is 1. The summed E-state index contributed by atoms with van der Waals surface area (Å²) in [6, 6.07) is 17.0. The van der Waals surface area contributed by atoms with Gasteiger partial charge in [0.1, 0.15) is 5.57 Å². The van der Waals surface area contributed by atoms with Crippen molar-refractivity contribution in [2.24, 2.45) is 0 Å². The summed E-state index contributed by atoms with van der Waals surface area (Å²) >= 11 is 7.24. The van der Waals surface area contributed by atoms with Crippen LogP contribution in [0.15, 0.2) is 75.5 Å². The van der Waals surface area contributed by atoms with Crippen molar-refractivity contribution in [2.45, 2.75) is 16.2 Å². The SMILES string of the molecule is Cc1ccccc1C(=O)Nc1ccc2nc(Sc3ccc(C=C4C(=O)NC(=S)NC4=O)cc3[N+](=O)[O-])sc2c1. The monoisotopic (exact) mass is 575 g/mol. The predicted octanol–water partition coefficient (Wildman–Crippen LogP) is 4.83. The van der Waals surface area contributed by atoms with Gasteiger partial charge in [0.25, 0.3) is 23.4 Å². The van der Waals surface area contributed by atoms with E-state index >= 15 is 0 Å². The number of carbonyl (C=O) groups excluding carboxylic acids is 3. The summed E-state index contributed by atoms with van der Waals surface area (Å²) in [7, 11) is 0. The second-order valence-electron chi connectivity index (χ2n) is 8.31. The first-order chi connectivity index (χ1) is 18.7. The van der Waals surface area contributed by atoms with E-state index in [1.54, 1.807) is 36.4 Å². The van der Waals surface area contributed by atoms with Crippen molar-refractivity contribution in [3.8, 4) is 0 Å². The van der Waals surface area contributed by atoms with Crippen molar-refractivity contribution in [2.75, 3.05) is 5.32 Å². The zero-order valence-electron chi connectivity index (χ0n) is 20.0. The molecule has 194 valence electrons. The van der Waals surface area contributed by atoms with E-state index in [2.05, 4.69) is 20.9 Å². The summed E-state index contributed by atoms with van der Waals surface area (Å²) in [6.07, 6.45) is 1.26. The Kier molecular flexibility index (Phi) is 7.19. The normalized spacial score (nSPS) is 13.2. The summed E-state index contributed by atoms with van der Waals surface area (Å²) < 4.78 is 1.37. The Hall–Kier alpha value is -4.46. The number of hydrogen-bond donors (Lipinski definition) is 3. The minimum atomic E-state index is -0.686. The van der Waals surface area contributed by atoms with E-state index in [9.17, 15) is 24.5 Å². The van der Waals surface area contributed by atoms with Crippen LogP contribution in [0.5, 0.6) is 0 Å². The standard InChI is InChI=1S/C26H17N5O5S3/c1-13-4-2-3-5-16(13)22(32)27-15-7-8-18-21(12-15)39-26(28-18)38-20-9-6-14(11-19(20)31(35)36)10-17-23(33)29-25(37)30-24(17)34/h2-12H,1H3,(H,27,32)(H2,29,30,33,34,37). The minimum absolute atomic E-state index is 0.100. The number of nitrogens with zero attached hydrogens (tertiary/aromatic N) is 2. The molecule has 39 heavy (non-hydrogen) atoms. The van der Waals surface area contributed by atoms with Crippen molar-refractivity contribution in [3.63, 3.8) is 0 Å². The van der Waals surface area contributed by atoms with Crippen LogP contribution in [-0.2, 0) is 9.59 Å². The topological polar surface area (TPSA) is 143 Å². The van der Waals surface area contributed by atoms with Gasteiger partial charge in [-0.3, -0.25) is 35.1 Å². The van der Waals surface area contributed by atoms with Gasteiger partial charge < -0.3 is 5.32 Å². The van der Waals surface area contributed by atoms with Gasteiger partial charge in [-0.15, -0.1) is 11.3 Å². The van der Waals surface area contributed by atoms with Crippen LogP contribution in [0.3, 0.4) is 0 Å². The molecule has 3 amide bonds. The molecule has 2 heterocycles. The van der Waals surface area contributed by atoms with Crippen LogP contribution < -0.4 is 16.0 Å². The summed E-state index contributed by atoms with van der Waals surface area (Å²) in [5, 5.41) is 19.3. The molecule has 0 aliphatic carbocycles. The number of fused-ring (bicyclic) bond motifs is 1. The zero-order chi connectivity index (χ0) is 27.7. The maximum Gasteiger partial charge on any atom is 0.283 e. The molecule has 4 aromatic rings. The molecule has 0 unspecified atom stereocenters. The first-order valence-electron chi connectivity index (χ1n) is 11.3. The molecular weight excluding hydrogens is 559 g/mol. The van der Waals surface area contributed by atoms with Crippen LogP contribution >= 0.6 is 35.3 Å². The number of nitrogens with one attached hydrogen (secondary N) is 3. The fourth-order valence-electron chi connectivity index (χ4n) is 3.77. The highest BCUT2D eigenvalue weighted by molar-refractivity contribution is 8.01. The molecule has 10 nitrogen and oxygen atoms in total. The summed E-state index contributed by atoms with van der Waals surface area (Å²) in [5.74, 6) is -1.59.